The number of carbonyl (C=O) groups excluding carboxylic acids is 1. The Balaban J connectivity index is 2.21. The summed E-state index contributed by atoms with van der Waals surface area (Å²) in [4.78, 5) is 14.2. The van der Waals surface area contributed by atoms with E-state index in [1.165, 1.54) is 0 Å². The van der Waals surface area contributed by atoms with Crippen molar-refractivity contribution in [2.24, 2.45) is 0 Å². The van der Waals surface area contributed by atoms with E-state index in [1.54, 1.807) is 18.0 Å². The topological polar surface area (TPSA) is 20.3 Å². The van der Waals surface area contributed by atoms with Crippen molar-refractivity contribution < 1.29 is 4.79 Å². The van der Waals surface area contributed by atoms with E-state index >= 15 is 0 Å². The minimum atomic E-state index is -0.0371. The summed E-state index contributed by atoms with van der Waals surface area (Å²) in [5, 5.41) is 1.13. The molecule has 0 bridgehead atoms. The van der Waals surface area contributed by atoms with Crippen LogP contribution in [0, 0.1) is 6.92 Å². The zero-order valence-corrected chi connectivity index (χ0v) is 14.8. The van der Waals surface area contributed by atoms with Crippen LogP contribution in [0.1, 0.15) is 21.5 Å². The zero-order valence-electron chi connectivity index (χ0n) is 11.7. The summed E-state index contributed by atoms with van der Waals surface area (Å²) in [6, 6.07) is 10.9. The molecule has 21 heavy (non-hydrogen) atoms. The van der Waals surface area contributed by atoms with Crippen LogP contribution in [0.5, 0.6) is 0 Å². The minimum absolute atomic E-state index is 0.0371. The van der Waals surface area contributed by atoms with Crippen molar-refractivity contribution in [3.05, 3.63) is 67.6 Å². The van der Waals surface area contributed by atoms with Crippen molar-refractivity contribution in [1.82, 2.24) is 4.90 Å². The molecule has 0 aromatic heterocycles. The third kappa shape index (κ3) is 4.00. The standard InChI is InChI=1S/C16H14BrCl2NO/c1-10-14(4-3-5-15(10)17)16(21)20(2)9-11-6-12(18)8-13(19)7-11/h3-8H,9H2,1-2H3. The molecule has 0 aliphatic carbocycles. The summed E-state index contributed by atoms with van der Waals surface area (Å²) in [7, 11) is 1.76. The van der Waals surface area contributed by atoms with E-state index in [0.717, 1.165) is 15.6 Å². The number of rotatable bonds is 3. The molecule has 2 rings (SSSR count). The van der Waals surface area contributed by atoms with Gasteiger partial charge in [-0.1, -0.05) is 45.2 Å². The van der Waals surface area contributed by atoms with Crippen LogP contribution in [0.4, 0.5) is 0 Å². The monoisotopic (exact) mass is 385 g/mol. The van der Waals surface area contributed by atoms with E-state index in [-0.39, 0.29) is 5.91 Å². The molecular weight excluding hydrogens is 373 g/mol. The fraction of sp³-hybridized carbons (Fsp3) is 0.188. The molecule has 1 amide bonds. The van der Waals surface area contributed by atoms with Crippen LogP contribution in [-0.4, -0.2) is 17.9 Å². The number of hydrogen-bond donors (Lipinski definition) is 0. The molecule has 0 radical (unpaired) electrons. The van der Waals surface area contributed by atoms with Gasteiger partial charge in [0.05, 0.1) is 0 Å². The van der Waals surface area contributed by atoms with Gasteiger partial charge in [0, 0.05) is 33.7 Å². The Kier molecular flexibility index (Phi) is 5.31. The summed E-state index contributed by atoms with van der Waals surface area (Å²) in [6.45, 7) is 2.37. The van der Waals surface area contributed by atoms with E-state index in [2.05, 4.69) is 15.9 Å². The second kappa shape index (κ2) is 6.82. The van der Waals surface area contributed by atoms with Crippen LogP contribution >= 0.6 is 39.1 Å². The first-order valence-electron chi connectivity index (χ1n) is 6.34. The molecule has 0 atom stereocenters. The van der Waals surface area contributed by atoms with E-state index in [1.807, 2.05) is 37.3 Å². The molecule has 0 aliphatic heterocycles. The van der Waals surface area contributed by atoms with Crippen LogP contribution < -0.4 is 0 Å². The Hall–Kier alpha value is -1.03. The molecule has 2 aromatic carbocycles. The lowest BCUT2D eigenvalue weighted by Gasteiger charge is -2.19. The average molecular weight is 387 g/mol. The molecule has 110 valence electrons. The average Bonchev–Trinajstić information content (AvgIpc) is 2.40. The Labute approximate surface area is 142 Å². The lowest BCUT2D eigenvalue weighted by atomic mass is 10.1. The largest absolute Gasteiger partial charge is 0.337 e. The lowest BCUT2D eigenvalue weighted by Crippen LogP contribution is -2.26. The van der Waals surface area contributed by atoms with Crippen molar-refractivity contribution in [1.29, 1.82) is 0 Å². The maximum absolute atomic E-state index is 12.5. The molecule has 0 N–H and O–H groups in total. The maximum atomic E-state index is 12.5. The van der Waals surface area contributed by atoms with Crippen molar-refractivity contribution in [2.75, 3.05) is 7.05 Å². The SMILES string of the molecule is Cc1c(Br)cccc1C(=O)N(C)Cc1cc(Cl)cc(Cl)c1. The number of amides is 1. The smallest absolute Gasteiger partial charge is 0.254 e. The molecule has 0 saturated heterocycles. The zero-order chi connectivity index (χ0) is 15.6. The van der Waals surface area contributed by atoms with Crippen LogP contribution in [0.15, 0.2) is 40.9 Å². The summed E-state index contributed by atoms with van der Waals surface area (Å²) in [5.41, 5.74) is 2.51. The van der Waals surface area contributed by atoms with Gasteiger partial charge in [-0.25, -0.2) is 0 Å². The van der Waals surface area contributed by atoms with Crippen molar-refractivity contribution in [3.63, 3.8) is 0 Å². The van der Waals surface area contributed by atoms with Crippen LogP contribution in [0.2, 0.25) is 10.0 Å². The van der Waals surface area contributed by atoms with Gasteiger partial charge in [0.15, 0.2) is 0 Å². The van der Waals surface area contributed by atoms with Gasteiger partial charge in [-0.2, -0.15) is 0 Å². The molecule has 2 aromatic rings. The van der Waals surface area contributed by atoms with Gasteiger partial charge < -0.3 is 4.90 Å². The summed E-state index contributed by atoms with van der Waals surface area (Å²) < 4.78 is 0.924. The Morgan fingerprint density at radius 2 is 1.81 bits per heavy atom. The van der Waals surface area contributed by atoms with Crippen molar-refractivity contribution >= 4 is 45.0 Å². The van der Waals surface area contributed by atoms with Crippen LogP contribution in [0.25, 0.3) is 0 Å². The molecule has 0 fully saturated rings. The highest BCUT2D eigenvalue weighted by molar-refractivity contribution is 9.10. The van der Waals surface area contributed by atoms with Gasteiger partial charge in [0.2, 0.25) is 0 Å². The molecule has 5 heteroatoms. The third-order valence-corrected chi connectivity index (χ3v) is 4.48. The van der Waals surface area contributed by atoms with Crippen molar-refractivity contribution in [2.45, 2.75) is 13.5 Å². The number of hydrogen-bond acceptors (Lipinski definition) is 1. The highest BCUT2D eigenvalue weighted by atomic mass is 79.9. The summed E-state index contributed by atoms with van der Waals surface area (Å²) in [5.74, 6) is -0.0371. The van der Waals surface area contributed by atoms with E-state index in [4.69, 9.17) is 23.2 Å². The Bertz CT molecular complexity index is 668. The molecular formula is C16H14BrCl2NO. The van der Waals surface area contributed by atoms with E-state index < -0.39 is 0 Å². The number of nitrogens with zero attached hydrogens (tertiary/aromatic N) is 1. The Morgan fingerprint density at radius 1 is 1.19 bits per heavy atom. The Morgan fingerprint density at radius 3 is 2.43 bits per heavy atom. The number of benzene rings is 2. The van der Waals surface area contributed by atoms with Gasteiger partial charge in [-0.15, -0.1) is 0 Å². The lowest BCUT2D eigenvalue weighted by molar-refractivity contribution is 0.0784. The van der Waals surface area contributed by atoms with Gasteiger partial charge >= 0.3 is 0 Å². The second-order valence-electron chi connectivity index (χ2n) is 4.85. The van der Waals surface area contributed by atoms with Gasteiger partial charge in [0.1, 0.15) is 0 Å². The second-order valence-corrected chi connectivity index (χ2v) is 6.58. The highest BCUT2D eigenvalue weighted by Crippen LogP contribution is 2.23. The molecule has 0 unspecified atom stereocenters. The predicted octanol–water partition coefficient (Wildman–Crippen LogP) is 5.34. The van der Waals surface area contributed by atoms with Crippen molar-refractivity contribution in [3.8, 4) is 0 Å². The number of halogens is 3. The molecule has 0 saturated carbocycles. The van der Waals surface area contributed by atoms with Gasteiger partial charge in [-0.05, 0) is 48.4 Å². The molecule has 0 spiro atoms. The normalized spacial score (nSPS) is 10.5. The van der Waals surface area contributed by atoms with Gasteiger partial charge in [0.25, 0.3) is 5.91 Å². The first-order chi connectivity index (χ1) is 9.88. The molecule has 2 nitrogen and oxygen atoms in total. The third-order valence-electron chi connectivity index (χ3n) is 3.19. The highest BCUT2D eigenvalue weighted by Gasteiger charge is 2.15. The summed E-state index contributed by atoms with van der Waals surface area (Å²) in [6.07, 6.45) is 0. The van der Waals surface area contributed by atoms with Crippen LogP contribution in [-0.2, 0) is 6.54 Å². The maximum Gasteiger partial charge on any atom is 0.254 e. The molecule has 0 aliphatic rings. The number of carbonyl (C=O) groups is 1. The first kappa shape index (κ1) is 16.3. The fourth-order valence-corrected chi connectivity index (χ4v) is 3.03. The van der Waals surface area contributed by atoms with E-state index in [9.17, 15) is 4.79 Å². The van der Waals surface area contributed by atoms with Gasteiger partial charge in [-0.3, -0.25) is 4.79 Å². The van der Waals surface area contributed by atoms with Crippen LogP contribution in [0.3, 0.4) is 0 Å². The summed E-state index contributed by atoms with van der Waals surface area (Å²) >= 11 is 15.4. The first-order valence-corrected chi connectivity index (χ1v) is 7.89. The fourth-order valence-electron chi connectivity index (χ4n) is 2.09. The minimum Gasteiger partial charge on any atom is -0.337 e. The quantitative estimate of drug-likeness (QED) is 0.697. The molecule has 0 heterocycles. The predicted molar refractivity (Wildman–Crippen MR) is 91.1 cm³/mol. The van der Waals surface area contributed by atoms with E-state index in [0.29, 0.717) is 22.2 Å².